The van der Waals surface area contributed by atoms with Crippen LogP contribution in [0.4, 0.5) is 0 Å². The van der Waals surface area contributed by atoms with Crippen molar-refractivity contribution in [1.29, 1.82) is 0 Å². The molecule has 1 aromatic rings. The van der Waals surface area contributed by atoms with E-state index in [9.17, 15) is 9.59 Å². The molecule has 1 atom stereocenters. The van der Waals surface area contributed by atoms with E-state index in [1.165, 1.54) is 0 Å². The molecule has 0 aliphatic rings. The maximum absolute atomic E-state index is 12.0. The van der Waals surface area contributed by atoms with E-state index in [-0.39, 0.29) is 16.8 Å². The summed E-state index contributed by atoms with van der Waals surface area (Å²) in [6.45, 7) is 6.31. The molecular formula is C11H17ClN2O3. The van der Waals surface area contributed by atoms with Crippen LogP contribution in [-0.2, 0) is 11.2 Å². The number of H-pyrrole nitrogens is 1. The number of nitrogens with one attached hydrogen (secondary N) is 1. The summed E-state index contributed by atoms with van der Waals surface area (Å²) in [4.78, 5) is 26.2. The van der Waals surface area contributed by atoms with Gasteiger partial charge < -0.3 is 4.74 Å². The molecule has 1 N–H and O–H groups in total. The van der Waals surface area contributed by atoms with Crippen LogP contribution in [0.3, 0.4) is 0 Å². The van der Waals surface area contributed by atoms with Gasteiger partial charge in [-0.1, -0.05) is 18.5 Å². The van der Waals surface area contributed by atoms with Gasteiger partial charge in [-0.05, 0) is 20.3 Å². The standard InChI is InChI=1S/C11H17ClN2O3/c1-4-8-9(12)13-11(16)14(10(8)15)7(3)6-17-5-2/h7H,4-6H2,1-3H3,(H,13,16). The van der Waals surface area contributed by atoms with E-state index in [4.69, 9.17) is 16.3 Å². The number of hydrogen-bond donors (Lipinski definition) is 1. The summed E-state index contributed by atoms with van der Waals surface area (Å²) in [6.07, 6.45) is 0.482. The number of rotatable bonds is 5. The molecule has 1 rings (SSSR count). The minimum atomic E-state index is -0.496. The Morgan fingerprint density at radius 1 is 1.41 bits per heavy atom. The van der Waals surface area contributed by atoms with Gasteiger partial charge in [0, 0.05) is 6.61 Å². The first-order valence-electron chi connectivity index (χ1n) is 5.63. The van der Waals surface area contributed by atoms with Crippen molar-refractivity contribution in [2.75, 3.05) is 13.2 Å². The number of nitrogens with zero attached hydrogens (tertiary/aromatic N) is 1. The molecule has 0 aromatic carbocycles. The highest BCUT2D eigenvalue weighted by Gasteiger charge is 2.15. The Morgan fingerprint density at radius 3 is 2.59 bits per heavy atom. The molecule has 0 amide bonds. The molecule has 0 radical (unpaired) electrons. The lowest BCUT2D eigenvalue weighted by molar-refractivity contribution is 0.116. The maximum Gasteiger partial charge on any atom is 0.329 e. The van der Waals surface area contributed by atoms with Crippen LogP contribution in [0.2, 0.25) is 5.15 Å². The largest absolute Gasteiger partial charge is 0.380 e. The molecule has 0 saturated heterocycles. The van der Waals surface area contributed by atoms with Crippen LogP contribution < -0.4 is 11.2 Å². The van der Waals surface area contributed by atoms with E-state index in [2.05, 4.69) is 4.98 Å². The van der Waals surface area contributed by atoms with Crippen LogP contribution in [0.1, 0.15) is 32.4 Å². The third-order valence-corrected chi connectivity index (χ3v) is 2.86. The highest BCUT2D eigenvalue weighted by Crippen LogP contribution is 2.08. The summed E-state index contributed by atoms with van der Waals surface area (Å²) in [7, 11) is 0. The number of aromatic amines is 1. The van der Waals surface area contributed by atoms with Gasteiger partial charge in [-0.3, -0.25) is 14.3 Å². The summed E-state index contributed by atoms with van der Waals surface area (Å²) in [5.41, 5.74) is -0.410. The van der Waals surface area contributed by atoms with E-state index in [0.29, 0.717) is 25.2 Å². The minimum absolute atomic E-state index is 0.127. The normalized spacial score (nSPS) is 12.7. The molecule has 1 unspecified atom stereocenters. The molecule has 6 heteroatoms. The zero-order valence-corrected chi connectivity index (χ0v) is 11.0. The fourth-order valence-corrected chi connectivity index (χ4v) is 1.93. The number of hydrogen-bond acceptors (Lipinski definition) is 3. The van der Waals surface area contributed by atoms with Gasteiger partial charge in [-0.25, -0.2) is 4.79 Å². The summed E-state index contributed by atoms with van der Waals surface area (Å²) >= 11 is 5.82. The van der Waals surface area contributed by atoms with Gasteiger partial charge in [0.15, 0.2) is 0 Å². The topological polar surface area (TPSA) is 64.1 Å². The van der Waals surface area contributed by atoms with Gasteiger partial charge >= 0.3 is 5.69 Å². The predicted octanol–water partition coefficient (Wildman–Crippen LogP) is 1.35. The zero-order valence-electron chi connectivity index (χ0n) is 10.2. The Bertz CT molecular complexity index is 492. The van der Waals surface area contributed by atoms with E-state index in [1.807, 2.05) is 13.8 Å². The molecule has 5 nitrogen and oxygen atoms in total. The molecule has 17 heavy (non-hydrogen) atoms. The van der Waals surface area contributed by atoms with Crippen LogP contribution in [0.15, 0.2) is 9.59 Å². The zero-order chi connectivity index (χ0) is 13.0. The van der Waals surface area contributed by atoms with Gasteiger partial charge in [-0.2, -0.15) is 0 Å². The monoisotopic (exact) mass is 260 g/mol. The van der Waals surface area contributed by atoms with Crippen molar-refractivity contribution in [2.45, 2.75) is 33.2 Å². The molecule has 0 saturated carbocycles. The van der Waals surface area contributed by atoms with Gasteiger partial charge in [0.2, 0.25) is 0 Å². The first-order valence-corrected chi connectivity index (χ1v) is 6.01. The van der Waals surface area contributed by atoms with Crippen LogP contribution in [-0.4, -0.2) is 22.8 Å². The van der Waals surface area contributed by atoms with Crippen LogP contribution in [0, 0.1) is 0 Å². The second-order valence-electron chi connectivity index (χ2n) is 3.76. The van der Waals surface area contributed by atoms with Gasteiger partial charge in [0.1, 0.15) is 5.15 Å². The van der Waals surface area contributed by atoms with Gasteiger partial charge in [0.05, 0.1) is 18.2 Å². The molecule has 96 valence electrons. The first-order chi connectivity index (χ1) is 8.02. The van der Waals surface area contributed by atoms with Crippen molar-refractivity contribution in [2.24, 2.45) is 0 Å². The third kappa shape index (κ3) is 2.98. The van der Waals surface area contributed by atoms with Crippen LogP contribution in [0.5, 0.6) is 0 Å². The van der Waals surface area contributed by atoms with E-state index < -0.39 is 5.69 Å². The molecule has 0 spiro atoms. The summed E-state index contributed by atoms with van der Waals surface area (Å²) in [6, 6.07) is -0.311. The van der Waals surface area contributed by atoms with E-state index in [0.717, 1.165) is 4.57 Å². The second kappa shape index (κ2) is 6.02. The smallest absolute Gasteiger partial charge is 0.329 e. The summed E-state index contributed by atoms with van der Waals surface area (Å²) in [5, 5.41) is 0.127. The van der Waals surface area contributed by atoms with Crippen molar-refractivity contribution in [3.8, 4) is 0 Å². The van der Waals surface area contributed by atoms with Gasteiger partial charge in [-0.15, -0.1) is 0 Å². The Morgan fingerprint density at radius 2 is 2.06 bits per heavy atom. The molecule has 1 heterocycles. The fraction of sp³-hybridized carbons (Fsp3) is 0.636. The van der Waals surface area contributed by atoms with E-state index >= 15 is 0 Å². The molecule has 0 aliphatic carbocycles. The quantitative estimate of drug-likeness (QED) is 0.813. The van der Waals surface area contributed by atoms with Crippen molar-refractivity contribution in [1.82, 2.24) is 9.55 Å². The molecule has 0 bridgehead atoms. The highest BCUT2D eigenvalue weighted by atomic mass is 35.5. The highest BCUT2D eigenvalue weighted by molar-refractivity contribution is 6.30. The third-order valence-electron chi connectivity index (χ3n) is 2.53. The number of ether oxygens (including phenoxy) is 1. The lowest BCUT2D eigenvalue weighted by Crippen LogP contribution is -2.40. The molecular weight excluding hydrogens is 244 g/mol. The molecule has 0 aliphatic heterocycles. The average Bonchev–Trinajstić information content (AvgIpc) is 2.26. The Labute approximate surface area is 104 Å². The lowest BCUT2D eigenvalue weighted by atomic mass is 10.2. The molecule has 0 fully saturated rings. The van der Waals surface area contributed by atoms with Crippen LogP contribution >= 0.6 is 11.6 Å². The SMILES string of the molecule is CCOCC(C)n1c(=O)[nH]c(Cl)c(CC)c1=O. The Kier molecular flexibility index (Phi) is 4.96. The van der Waals surface area contributed by atoms with Crippen molar-refractivity contribution in [3.63, 3.8) is 0 Å². The summed E-state index contributed by atoms with van der Waals surface area (Å²) in [5.74, 6) is 0. The maximum atomic E-state index is 12.0. The Balaban J connectivity index is 3.24. The average molecular weight is 261 g/mol. The van der Waals surface area contributed by atoms with Gasteiger partial charge in [0.25, 0.3) is 5.56 Å². The lowest BCUT2D eigenvalue weighted by Gasteiger charge is -2.15. The van der Waals surface area contributed by atoms with E-state index in [1.54, 1.807) is 6.92 Å². The molecule has 1 aromatic heterocycles. The van der Waals surface area contributed by atoms with Crippen LogP contribution in [0.25, 0.3) is 0 Å². The van der Waals surface area contributed by atoms with Crippen molar-refractivity contribution in [3.05, 3.63) is 31.6 Å². The van der Waals surface area contributed by atoms with Crippen molar-refractivity contribution >= 4 is 11.6 Å². The fourth-order valence-electron chi connectivity index (χ4n) is 1.63. The summed E-state index contributed by atoms with van der Waals surface area (Å²) < 4.78 is 6.37. The minimum Gasteiger partial charge on any atom is -0.380 e. The first kappa shape index (κ1) is 14.0. The number of aromatic nitrogens is 2. The predicted molar refractivity (Wildman–Crippen MR) is 66.9 cm³/mol. The Hall–Kier alpha value is -1.07. The van der Waals surface area contributed by atoms with Crippen molar-refractivity contribution < 1.29 is 4.74 Å². The second-order valence-corrected chi connectivity index (χ2v) is 4.14. The number of halogens is 1.